The molecule has 0 atom stereocenters. The smallest absolute Gasteiger partial charge is 0.230 e. The molecule has 0 aliphatic carbocycles. The Kier molecular flexibility index (Phi) is 5.23. The van der Waals surface area contributed by atoms with Gasteiger partial charge in [0.2, 0.25) is 8.87 Å². The number of hydrogen-bond acceptors (Lipinski definition) is 7. The van der Waals surface area contributed by atoms with E-state index in [1.807, 2.05) is 0 Å². The number of nitrogen functional groups attached to an aromatic ring is 2. The minimum atomic E-state index is -3.61. The normalized spacial score (nSPS) is 12.2. The summed E-state index contributed by atoms with van der Waals surface area (Å²) < 4.78 is 48.5. The first-order valence-electron chi connectivity index (χ1n) is 6.54. The zero-order chi connectivity index (χ0) is 17.1. The molecular formula is C14H16N2O4S3. The largest absolute Gasteiger partial charge is 0.399 e. The average Bonchev–Trinajstić information content (AvgIpc) is 2.47. The molecule has 6 nitrogen and oxygen atoms in total. The number of sulfone groups is 1. The summed E-state index contributed by atoms with van der Waals surface area (Å²) >= 11 is 0. The van der Waals surface area contributed by atoms with E-state index in [9.17, 15) is 16.8 Å². The molecule has 2 aromatic carbocycles. The summed E-state index contributed by atoms with van der Waals surface area (Å²) in [6, 6.07) is 11.6. The van der Waals surface area contributed by atoms with Crippen molar-refractivity contribution in [1.29, 1.82) is 0 Å². The Balaban J connectivity index is 2.03. The molecule has 9 heteroatoms. The van der Waals surface area contributed by atoms with Crippen LogP contribution in [0.1, 0.15) is 0 Å². The summed E-state index contributed by atoms with van der Waals surface area (Å²) in [7, 11) is -6.57. The zero-order valence-electron chi connectivity index (χ0n) is 12.0. The lowest BCUT2D eigenvalue weighted by Crippen LogP contribution is -2.10. The van der Waals surface area contributed by atoms with Gasteiger partial charge in [0, 0.05) is 17.1 Å². The molecular weight excluding hydrogens is 356 g/mol. The molecule has 2 aromatic rings. The molecule has 0 aliphatic heterocycles. The van der Waals surface area contributed by atoms with Gasteiger partial charge in [0.15, 0.2) is 9.84 Å². The Bertz CT molecular complexity index is 799. The Morgan fingerprint density at radius 1 is 0.739 bits per heavy atom. The standard InChI is InChI=1S/C14H16N2O4S3/c15-11-1-5-13(6-2-11)22(17,18)10-9-21-23(19,20)14-7-3-12(16)4-8-14/h1-8H,9-10,15-16H2. The van der Waals surface area contributed by atoms with E-state index >= 15 is 0 Å². The second kappa shape index (κ2) is 6.81. The molecule has 0 amide bonds. The molecule has 124 valence electrons. The van der Waals surface area contributed by atoms with E-state index in [0.717, 1.165) is 0 Å². The van der Waals surface area contributed by atoms with Crippen molar-refractivity contribution in [3.8, 4) is 0 Å². The zero-order valence-corrected chi connectivity index (χ0v) is 14.5. The molecule has 2 rings (SSSR count). The molecule has 0 saturated heterocycles. The van der Waals surface area contributed by atoms with E-state index in [-0.39, 0.29) is 21.3 Å². The second-order valence-electron chi connectivity index (χ2n) is 4.73. The summed E-state index contributed by atoms with van der Waals surface area (Å²) in [5, 5.41) is 0. The van der Waals surface area contributed by atoms with Crippen molar-refractivity contribution in [1.82, 2.24) is 0 Å². The van der Waals surface area contributed by atoms with Gasteiger partial charge in [-0.25, -0.2) is 16.8 Å². The van der Waals surface area contributed by atoms with Crippen LogP contribution < -0.4 is 11.5 Å². The highest BCUT2D eigenvalue weighted by Crippen LogP contribution is 2.25. The lowest BCUT2D eigenvalue weighted by atomic mass is 10.3. The highest BCUT2D eigenvalue weighted by molar-refractivity contribution is 8.72. The molecule has 0 saturated carbocycles. The number of nitrogens with two attached hydrogens (primary N) is 2. The molecule has 0 aliphatic rings. The van der Waals surface area contributed by atoms with Crippen LogP contribution in [-0.2, 0) is 18.7 Å². The Hall–Kier alpha value is -1.71. The van der Waals surface area contributed by atoms with Crippen LogP contribution in [0.25, 0.3) is 0 Å². The summed E-state index contributed by atoms with van der Waals surface area (Å²) in [4.78, 5) is 0.221. The van der Waals surface area contributed by atoms with E-state index in [1.165, 1.54) is 48.5 Å². The molecule has 0 spiro atoms. The van der Waals surface area contributed by atoms with Crippen molar-refractivity contribution in [2.75, 3.05) is 23.0 Å². The minimum absolute atomic E-state index is 0.0700. The van der Waals surface area contributed by atoms with Crippen molar-refractivity contribution in [2.45, 2.75) is 9.79 Å². The maximum atomic E-state index is 12.1. The van der Waals surface area contributed by atoms with E-state index in [0.29, 0.717) is 22.2 Å². The first kappa shape index (κ1) is 17.6. The molecule has 0 radical (unpaired) electrons. The Morgan fingerprint density at radius 3 is 1.65 bits per heavy atom. The third-order valence-electron chi connectivity index (χ3n) is 3.00. The highest BCUT2D eigenvalue weighted by atomic mass is 33.1. The first-order chi connectivity index (χ1) is 10.7. The summed E-state index contributed by atoms with van der Waals surface area (Å²) in [6.07, 6.45) is 0. The molecule has 0 fully saturated rings. The van der Waals surface area contributed by atoms with Gasteiger partial charge in [-0.15, -0.1) is 0 Å². The van der Waals surface area contributed by atoms with Crippen LogP contribution in [-0.4, -0.2) is 28.3 Å². The van der Waals surface area contributed by atoms with Gasteiger partial charge in [0.1, 0.15) is 0 Å². The Labute approximate surface area is 139 Å². The van der Waals surface area contributed by atoms with Gasteiger partial charge in [0.05, 0.1) is 15.5 Å². The SMILES string of the molecule is Nc1ccc(S(=O)(=O)CCSS(=O)(=O)c2ccc(N)cc2)cc1. The van der Waals surface area contributed by atoms with Crippen LogP contribution in [0.4, 0.5) is 11.4 Å². The van der Waals surface area contributed by atoms with Crippen LogP contribution in [0.5, 0.6) is 0 Å². The van der Waals surface area contributed by atoms with Gasteiger partial charge in [-0.3, -0.25) is 0 Å². The van der Waals surface area contributed by atoms with Crippen LogP contribution in [0.3, 0.4) is 0 Å². The molecule has 0 bridgehead atoms. The lowest BCUT2D eigenvalue weighted by molar-refractivity contribution is 0.597. The molecule has 0 unspecified atom stereocenters. The van der Waals surface area contributed by atoms with Crippen molar-refractivity contribution in [2.24, 2.45) is 0 Å². The first-order valence-corrected chi connectivity index (χ1v) is 11.2. The monoisotopic (exact) mass is 372 g/mol. The van der Waals surface area contributed by atoms with Gasteiger partial charge in [-0.05, 0) is 59.3 Å². The third kappa shape index (κ3) is 4.63. The molecule has 0 aromatic heterocycles. The van der Waals surface area contributed by atoms with Crippen LogP contribution in [0.15, 0.2) is 58.3 Å². The topological polar surface area (TPSA) is 120 Å². The highest BCUT2D eigenvalue weighted by Gasteiger charge is 2.19. The minimum Gasteiger partial charge on any atom is -0.399 e. The van der Waals surface area contributed by atoms with Gasteiger partial charge in [0.25, 0.3) is 0 Å². The summed E-state index contributed by atoms with van der Waals surface area (Å²) in [5.41, 5.74) is 11.9. The quantitative estimate of drug-likeness (QED) is 0.585. The number of hydrogen-bond donors (Lipinski definition) is 2. The Morgan fingerprint density at radius 2 is 1.17 bits per heavy atom. The third-order valence-corrected chi connectivity index (χ3v) is 8.53. The number of anilines is 2. The predicted octanol–water partition coefficient (Wildman–Crippen LogP) is 1.75. The molecule has 0 heterocycles. The van der Waals surface area contributed by atoms with Gasteiger partial charge in [-0.2, -0.15) is 0 Å². The summed E-state index contributed by atoms with van der Waals surface area (Å²) in [6.45, 7) is 0. The van der Waals surface area contributed by atoms with E-state index in [4.69, 9.17) is 11.5 Å². The van der Waals surface area contributed by atoms with Gasteiger partial charge in [-0.1, -0.05) is 0 Å². The van der Waals surface area contributed by atoms with Gasteiger partial charge < -0.3 is 11.5 Å². The second-order valence-corrected chi connectivity index (χ2v) is 10.9. The predicted molar refractivity (Wildman–Crippen MR) is 93.4 cm³/mol. The average molecular weight is 372 g/mol. The van der Waals surface area contributed by atoms with Gasteiger partial charge >= 0.3 is 0 Å². The number of benzene rings is 2. The van der Waals surface area contributed by atoms with Crippen molar-refractivity contribution >= 4 is 40.9 Å². The number of rotatable bonds is 6. The van der Waals surface area contributed by atoms with Crippen molar-refractivity contribution in [3.63, 3.8) is 0 Å². The van der Waals surface area contributed by atoms with E-state index < -0.39 is 18.7 Å². The fourth-order valence-corrected chi connectivity index (χ4v) is 6.52. The molecule has 4 N–H and O–H groups in total. The maximum absolute atomic E-state index is 12.1. The van der Waals surface area contributed by atoms with E-state index in [2.05, 4.69) is 0 Å². The van der Waals surface area contributed by atoms with E-state index in [1.54, 1.807) is 0 Å². The van der Waals surface area contributed by atoms with Crippen LogP contribution in [0.2, 0.25) is 0 Å². The fourth-order valence-electron chi connectivity index (χ4n) is 1.75. The summed E-state index contributed by atoms with van der Waals surface area (Å²) in [5.74, 6) is -0.352. The van der Waals surface area contributed by atoms with Crippen LogP contribution >= 0.6 is 10.8 Å². The molecule has 23 heavy (non-hydrogen) atoms. The van der Waals surface area contributed by atoms with Crippen molar-refractivity contribution in [3.05, 3.63) is 48.5 Å². The van der Waals surface area contributed by atoms with Crippen LogP contribution in [0, 0.1) is 0 Å². The van der Waals surface area contributed by atoms with Crippen molar-refractivity contribution < 1.29 is 16.8 Å². The fraction of sp³-hybridized carbons (Fsp3) is 0.143. The lowest BCUT2D eigenvalue weighted by Gasteiger charge is -2.06. The maximum Gasteiger partial charge on any atom is 0.230 e.